The predicted octanol–water partition coefficient (Wildman–Crippen LogP) is 38.2. The molecule has 0 saturated heterocycles. The zero-order chi connectivity index (χ0) is 97.2. The summed E-state index contributed by atoms with van der Waals surface area (Å²) in [6.45, 7) is 9.44. The third-order valence-corrected chi connectivity index (χ3v) is 33.8. The van der Waals surface area contributed by atoms with Gasteiger partial charge in [-0.05, 0) is 238 Å². The van der Waals surface area contributed by atoms with Crippen molar-refractivity contribution in [1.82, 2.24) is 29.9 Å². The summed E-state index contributed by atoms with van der Waals surface area (Å²) >= 11 is 3.72. The maximum atomic E-state index is 6.29. The minimum absolute atomic E-state index is 0.0250. The summed E-state index contributed by atoms with van der Waals surface area (Å²) in [5.41, 5.74) is 32.0. The molecule has 9 heteroatoms. The van der Waals surface area contributed by atoms with E-state index in [1.54, 1.807) is 0 Å². The van der Waals surface area contributed by atoms with Crippen LogP contribution in [0, 0.1) is 0 Å². The number of rotatable bonds is 7. The lowest BCUT2D eigenvalue weighted by atomic mass is 9.79. The van der Waals surface area contributed by atoms with Gasteiger partial charge >= 0.3 is 0 Å². The smallest absolute Gasteiger partial charge is 0.136 e. The molecule has 0 saturated carbocycles. The third-order valence-electron chi connectivity index (χ3n) is 31.5. The van der Waals surface area contributed by atoms with Crippen molar-refractivity contribution in [3.05, 3.63) is 471 Å². The van der Waals surface area contributed by atoms with Crippen molar-refractivity contribution in [2.75, 3.05) is 0 Å². The molecule has 0 aliphatic heterocycles. The van der Waals surface area contributed by atoms with Crippen molar-refractivity contribution in [2.45, 2.75) is 38.5 Å². The first kappa shape index (κ1) is 84.6. The zero-order valence-corrected chi connectivity index (χ0v) is 82.3. The van der Waals surface area contributed by atoms with Crippen molar-refractivity contribution in [1.29, 1.82) is 0 Å². The molecule has 0 radical (unpaired) electrons. The van der Waals surface area contributed by atoms with Crippen LogP contribution in [0.2, 0.25) is 0 Å². The van der Waals surface area contributed by atoms with Crippen molar-refractivity contribution >= 4 is 215 Å². The first-order valence-electron chi connectivity index (χ1n) is 50.4. The van der Waals surface area contributed by atoms with E-state index in [2.05, 4.69) is 398 Å². The molecule has 32 rings (SSSR count). The number of para-hydroxylation sites is 7. The second-order valence-corrected chi connectivity index (χ2v) is 42.6. The average molecular weight is 1910 g/mol. The summed E-state index contributed by atoms with van der Waals surface area (Å²) < 4.78 is 11.5. The van der Waals surface area contributed by atoms with Gasteiger partial charge in [-0.1, -0.05) is 386 Å². The summed E-state index contributed by atoms with van der Waals surface area (Å²) in [6.07, 6.45) is 0. The fraction of sp³-hybridized carbons (Fsp3) is 0.0435. The van der Waals surface area contributed by atoms with Crippen LogP contribution >= 0.6 is 22.7 Å². The second-order valence-electron chi connectivity index (χ2n) is 40.4. The summed E-state index contributed by atoms with van der Waals surface area (Å²) in [6, 6.07) is 162. The molecule has 2 aliphatic carbocycles. The van der Waals surface area contributed by atoms with Gasteiger partial charge in [0.2, 0.25) is 0 Å². The number of benzene rings is 24. The normalized spacial score (nSPS) is 13.0. The molecule has 24 aromatic carbocycles. The lowest BCUT2D eigenvalue weighted by Crippen LogP contribution is -2.15. The number of hydrogen-bond acceptors (Lipinski definition) is 9. The van der Waals surface area contributed by atoms with E-state index in [0.29, 0.717) is 0 Å². The summed E-state index contributed by atoms with van der Waals surface area (Å²) in [5, 5.41) is 30.3. The Kier molecular flexibility index (Phi) is 18.8. The van der Waals surface area contributed by atoms with Gasteiger partial charge in [0.25, 0.3) is 0 Å². The minimum atomic E-state index is -0.0760. The van der Waals surface area contributed by atoms with Crippen molar-refractivity contribution in [3.8, 4) is 101 Å². The Balaban J connectivity index is 0.000000102. The van der Waals surface area contributed by atoms with Crippen LogP contribution in [0.5, 0.6) is 0 Å². The standard InChI is InChI=1S/C47H30N2O.C47H30N2S.C44H26N2S/c1-47(2)38-11-5-3-9-32(38)36-24-23-35-37(44(36)47)22-17-27-15-16-28-25-29(18-20-31(28)43(27)35)45-46(49-40-13-7-6-12-39(40)48-45)30-19-21-34-33-10-4-8-14-41(33)50-42(34)26-30;1-47(2)37-11-5-3-10-36(37)44-35-22-17-27-15-16-28-25-29(18-20-31(28)43(27)34(35)23-24-38(44)47)45-46(49-40-13-7-6-12-39(40)48-45)30-19-21-33-32-9-4-8-14-41(32)50-42(33)26-30;1-2-8-27(9-3-1)28-14-17-30(18-15-28)42-43(46-39-12-6-5-11-38(39)45-42)32-21-22-33-31(26-32)19-16-29-20-23-37-35(41(29)33)24-25-36-34-10-4-7-13-40(34)47-44(36)37/h2*3-26H,1-2H3;1-26H. The Labute approximate surface area is 853 Å². The van der Waals surface area contributed by atoms with E-state index in [9.17, 15) is 0 Å². The molecule has 30 aromatic rings. The van der Waals surface area contributed by atoms with E-state index in [4.69, 9.17) is 34.3 Å². The fourth-order valence-electron chi connectivity index (χ4n) is 24.4. The van der Waals surface area contributed by atoms with Gasteiger partial charge in [0.1, 0.15) is 11.2 Å². The number of fused-ring (bicyclic) bond motifs is 36. The highest BCUT2D eigenvalue weighted by molar-refractivity contribution is 7.27. The van der Waals surface area contributed by atoms with Gasteiger partial charge < -0.3 is 4.42 Å². The minimum Gasteiger partial charge on any atom is -0.456 e. The van der Waals surface area contributed by atoms with Gasteiger partial charge in [-0.15, -0.1) is 22.7 Å². The third kappa shape index (κ3) is 13.3. The lowest BCUT2D eigenvalue weighted by Gasteiger charge is -2.23. The van der Waals surface area contributed by atoms with E-state index in [-0.39, 0.29) is 10.8 Å². The maximum absolute atomic E-state index is 6.29. The van der Waals surface area contributed by atoms with Gasteiger partial charge in [0.15, 0.2) is 0 Å². The van der Waals surface area contributed by atoms with Crippen molar-refractivity contribution in [2.24, 2.45) is 0 Å². The molecule has 2 aliphatic rings. The number of hydrogen-bond donors (Lipinski definition) is 0. The summed E-state index contributed by atoms with van der Waals surface area (Å²) in [4.78, 5) is 31.4. The number of nitrogens with zero attached hydrogens (tertiary/aromatic N) is 6. The number of aromatic nitrogens is 6. The van der Waals surface area contributed by atoms with E-state index in [1.807, 2.05) is 102 Å². The van der Waals surface area contributed by atoms with Crippen LogP contribution in [-0.4, -0.2) is 29.9 Å². The molecular formula is C138H86N6OS2. The molecule has 0 fully saturated rings. The molecule has 0 amide bonds. The molecule has 147 heavy (non-hydrogen) atoms. The topological polar surface area (TPSA) is 90.5 Å². The molecule has 0 bridgehead atoms. The van der Waals surface area contributed by atoms with Crippen LogP contribution in [0.25, 0.3) is 293 Å². The van der Waals surface area contributed by atoms with E-state index in [1.165, 1.54) is 193 Å². The quantitative estimate of drug-likeness (QED) is 0.147. The predicted molar refractivity (Wildman–Crippen MR) is 622 cm³/mol. The molecule has 7 nitrogen and oxygen atoms in total. The zero-order valence-electron chi connectivity index (χ0n) is 80.6. The van der Waals surface area contributed by atoms with Gasteiger partial charge in [0.05, 0.1) is 67.3 Å². The average Bonchev–Trinajstić information content (AvgIpc) is 1.60. The largest absolute Gasteiger partial charge is 0.456 e. The molecule has 0 unspecified atom stereocenters. The first-order valence-corrected chi connectivity index (χ1v) is 52.0. The Hall–Kier alpha value is -18.1. The Morgan fingerprint density at radius 1 is 0.190 bits per heavy atom. The highest BCUT2D eigenvalue weighted by atomic mass is 32.1. The monoisotopic (exact) mass is 1910 g/mol. The van der Waals surface area contributed by atoms with E-state index < -0.39 is 0 Å². The Morgan fingerprint density at radius 3 is 1.10 bits per heavy atom. The first-order chi connectivity index (χ1) is 72.3. The molecule has 6 aromatic heterocycles. The van der Waals surface area contributed by atoms with E-state index >= 15 is 0 Å². The molecule has 0 N–H and O–H groups in total. The maximum Gasteiger partial charge on any atom is 0.136 e. The highest BCUT2D eigenvalue weighted by Gasteiger charge is 2.39. The van der Waals surface area contributed by atoms with E-state index in [0.717, 1.165) is 123 Å². The van der Waals surface area contributed by atoms with Gasteiger partial charge in [-0.3, -0.25) is 0 Å². The molecule has 0 spiro atoms. The SMILES string of the molecule is CC1(C)c2ccccc2-c2c1ccc1c2ccc2ccc3cc(-c4nc5ccccc5nc4-c4ccc5c(c4)sc4ccccc45)ccc3c21.CC1(C)c2ccccc2-c2ccc3c(ccc4ccc5cc(-c6nc7ccccc7nc6-c6ccc7c(c6)oc6ccccc67)ccc5c43)c21.c1ccc(-c2ccc(-c3nc4ccccc4nc3-c3ccc4c(ccc5ccc6c(ccc7c8ccccc8sc76)c54)c3)cc2)cc1. The van der Waals surface area contributed by atoms with Crippen LogP contribution in [-0.2, 0) is 10.8 Å². The highest BCUT2D eigenvalue weighted by Crippen LogP contribution is 2.56. The van der Waals surface area contributed by atoms with Crippen molar-refractivity contribution in [3.63, 3.8) is 0 Å². The van der Waals surface area contributed by atoms with Gasteiger partial charge in [0, 0.05) is 101 Å². The van der Waals surface area contributed by atoms with Gasteiger partial charge in [-0.25, -0.2) is 29.9 Å². The van der Waals surface area contributed by atoms with Crippen LogP contribution in [0.3, 0.4) is 0 Å². The Bertz CT molecular complexity index is 10900. The lowest BCUT2D eigenvalue weighted by molar-refractivity contribution is 0.661. The molecule has 686 valence electrons. The fourth-order valence-corrected chi connectivity index (χ4v) is 26.8. The summed E-state index contributed by atoms with van der Waals surface area (Å²) in [7, 11) is 0. The summed E-state index contributed by atoms with van der Waals surface area (Å²) in [5.74, 6) is 0. The van der Waals surface area contributed by atoms with Crippen LogP contribution in [0.15, 0.2) is 453 Å². The van der Waals surface area contributed by atoms with Crippen LogP contribution in [0.4, 0.5) is 0 Å². The van der Waals surface area contributed by atoms with Crippen LogP contribution < -0.4 is 0 Å². The van der Waals surface area contributed by atoms with Gasteiger partial charge in [-0.2, -0.15) is 0 Å². The van der Waals surface area contributed by atoms with Crippen LogP contribution in [0.1, 0.15) is 49.9 Å². The number of thiophene rings is 2. The van der Waals surface area contributed by atoms with Crippen molar-refractivity contribution < 1.29 is 4.42 Å². The number of furan rings is 1. The molecule has 0 atom stereocenters. The second kappa shape index (κ2) is 32.7. The molecular weight excluding hydrogens is 1820 g/mol. The Morgan fingerprint density at radius 2 is 0.531 bits per heavy atom. The molecule has 6 heterocycles.